The molecule has 1 amide bonds. The minimum absolute atomic E-state index is 0.0636. The van der Waals surface area contributed by atoms with Crippen molar-refractivity contribution in [3.8, 4) is 0 Å². The summed E-state index contributed by atoms with van der Waals surface area (Å²) in [6.07, 6.45) is 4.60. The van der Waals surface area contributed by atoms with E-state index in [0.717, 1.165) is 42.8 Å². The molecule has 31 heavy (non-hydrogen) atoms. The lowest BCUT2D eigenvalue weighted by molar-refractivity contribution is 0.0528. The van der Waals surface area contributed by atoms with Gasteiger partial charge in [0.05, 0.1) is 22.4 Å². The van der Waals surface area contributed by atoms with Gasteiger partial charge in [0.2, 0.25) is 0 Å². The van der Waals surface area contributed by atoms with Crippen LogP contribution < -0.4 is 10.9 Å². The van der Waals surface area contributed by atoms with Crippen molar-refractivity contribution in [1.29, 1.82) is 0 Å². The molecule has 0 bridgehead atoms. The lowest BCUT2D eigenvalue weighted by Gasteiger charge is -2.08. The third-order valence-corrected chi connectivity index (χ3v) is 7.85. The van der Waals surface area contributed by atoms with E-state index in [1.807, 2.05) is 6.92 Å². The SMILES string of the molecule is CCOC(=O)c1cc(CC)sc1NC(=O)c1sc2nc3n(c(=O)c2c1C)CCCCC3. The van der Waals surface area contributed by atoms with E-state index in [1.165, 1.54) is 22.7 Å². The summed E-state index contributed by atoms with van der Waals surface area (Å²) in [6, 6.07) is 1.76. The largest absolute Gasteiger partial charge is 0.462 e. The molecular formula is C22H25N3O4S2. The van der Waals surface area contributed by atoms with E-state index in [1.54, 1.807) is 24.5 Å². The second-order valence-corrected chi connectivity index (χ2v) is 9.65. The van der Waals surface area contributed by atoms with E-state index >= 15 is 0 Å². The molecule has 0 atom stereocenters. The van der Waals surface area contributed by atoms with Crippen LogP contribution in [0.3, 0.4) is 0 Å². The fourth-order valence-corrected chi connectivity index (χ4v) is 5.92. The molecule has 0 saturated carbocycles. The molecule has 4 rings (SSSR count). The van der Waals surface area contributed by atoms with E-state index in [9.17, 15) is 14.4 Å². The van der Waals surface area contributed by atoms with Gasteiger partial charge in [-0.2, -0.15) is 0 Å². The van der Waals surface area contributed by atoms with Crippen molar-refractivity contribution in [1.82, 2.24) is 9.55 Å². The van der Waals surface area contributed by atoms with Gasteiger partial charge in [0, 0.05) is 17.8 Å². The number of aromatic nitrogens is 2. The lowest BCUT2D eigenvalue weighted by Crippen LogP contribution is -2.24. The third-order valence-electron chi connectivity index (χ3n) is 5.47. The van der Waals surface area contributed by atoms with Crippen LogP contribution in [0.4, 0.5) is 5.00 Å². The second kappa shape index (κ2) is 8.92. The Morgan fingerprint density at radius 3 is 2.77 bits per heavy atom. The molecule has 0 saturated heterocycles. The average molecular weight is 460 g/mol. The van der Waals surface area contributed by atoms with Gasteiger partial charge in [0.1, 0.15) is 15.7 Å². The highest BCUT2D eigenvalue weighted by atomic mass is 32.1. The molecule has 4 heterocycles. The quantitative estimate of drug-likeness (QED) is 0.566. The molecule has 9 heteroatoms. The van der Waals surface area contributed by atoms with Crippen molar-refractivity contribution in [2.75, 3.05) is 11.9 Å². The number of aryl methyl sites for hydroxylation is 3. The van der Waals surface area contributed by atoms with E-state index < -0.39 is 5.97 Å². The topological polar surface area (TPSA) is 90.3 Å². The number of anilines is 1. The summed E-state index contributed by atoms with van der Waals surface area (Å²) in [5, 5.41) is 3.86. The van der Waals surface area contributed by atoms with E-state index in [4.69, 9.17) is 9.72 Å². The Bertz CT molecular complexity index is 1220. The van der Waals surface area contributed by atoms with Crippen LogP contribution in [0.1, 0.15) is 69.4 Å². The molecule has 0 aliphatic carbocycles. The predicted molar refractivity (Wildman–Crippen MR) is 124 cm³/mol. The van der Waals surface area contributed by atoms with Crippen molar-refractivity contribution < 1.29 is 14.3 Å². The Morgan fingerprint density at radius 1 is 1.23 bits per heavy atom. The standard InChI is InChI=1S/C22H25N3O4S2/c1-4-13-11-14(22(28)29-5-2)19(30-13)24-18(26)17-12(3)16-20(31-17)23-15-9-7-6-8-10-25(15)21(16)27/h11H,4-10H2,1-3H3,(H,24,26). The minimum Gasteiger partial charge on any atom is -0.462 e. The summed E-state index contributed by atoms with van der Waals surface area (Å²) in [6.45, 7) is 6.46. The zero-order chi connectivity index (χ0) is 22.1. The summed E-state index contributed by atoms with van der Waals surface area (Å²) in [7, 11) is 0. The number of hydrogen-bond acceptors (Lipinski definition) is 7. The Morgan fingerprint density at radius 2 is 2.03 bits per heavy atom. The maximum absolute atomic E-state index is 13.1. The van der Waals surface area contributed by atoms with Crippen LogP contribution in [0.15, 0.2) is 10.9 Å². The number of rotatable bonds is 5. The van der Waals surface area contributed by atoms with Crippen LogP contribution >= 0.6 is 22.7 Å². The first-order chi connectivity index (χ1) is 14.9. The second-order valence-electron chi connectivity index (χ2n) is 7.52. The molecule has 1 aliphatic heterocycles. The monoisotopic (exact) mass is 459 g/mol. The van der Waals surface area contributed by atoms with E-state index in [-0.39, 0.29) is 18.1 Å². The number of carbonyl (C=O) groups is 2. The number of hydrogen-bond donors (Lipinski definition) is 1. The van der Waals surface area contributed by atoms with Crippen LogP contribution in [-0.2, 0) is 24.1 Å². The van der Waals surface area contributed by atoms with Crippen LogP contribution in [0.5, 0.6) is 0 Å². The third kappa shape index (κ3) is 4.04. The highest BCUT2D eigenvalue weighted by molar-refractivity contribution is 7.21. The van der Waals surface area contributed by atoms with Gasteiger partial charge in [-0.3, -0.25) is 14.2 Å². The van der Waals surface area contributed by atoms with Crippen molar-refractivity contribution in [2.24, 2.45) is 0 Å². The number of carbonyl (C=O) groups excluding carboxylic acids is 2. The molecule has 1 aliphatic rings. The molecule has 164 valence electrons. The molecule has 0 spiro atoms. The molecular weight excluding hydrogens is 434 g/mol. The van der Waals surface area contributed by atoms with Crippen LogP contribution in [0, 0.1) is 6.92 Å². The van der Waals surface area contributed by atoms with Gasteiger partial charge in [0.15, 0.2) is 0 Å². The summed E-state index contributed by atoms with van der Waals surface area (Å²) in [5.74, 6) is 0.0132. The first-order valence-electron chi connectivity index (χ1n) is 10.6. The Balaban J connectivity index is 1.72. The molecule has 0 radical (unpaired) electrons. The van der Waals surface area contributed by atoms with Crippen molar-refractivity contribution >= 4 is 49.8 Å². The van der Waals surface area contributed by atoms with E-state index in [2.05, 4.69) is 5.32 Å². The first-order valence-corrected chi connectivity index (χ1v) is 12.2. The highest BCUT2D eigenvalue weighted by Crippen LogP contribution is 2.33. The number of nitrogens with zero attached hydrogens (tertiary/aromatic N) is 2. The van der Waals surface area contributed by atoms with Crippen molar-refractivity contribution in [2.45, 2.75) is 59.4 Å². The molecule has 3 aromatic rings. The number of fused-ring (bicyclic) bond motifs is 2. The van der Waals surface area contributed by atoms with Crippen molar-refractivity contribution in [3.63, 3.8) is 0 Å². The lowest BCUT2D eigenvalue weighted by atomic mass is 10.2. The summed E-state index contributed by atoms with van der Waals surface area (Å²) in [4.78, 5) is 45.4. The number of esters is 1. The zero-order valence-electron chi connectivity index (χ0n) is 17.9. The van der Waals surface area contributed by atoms with Crippen LogP contribution in [-0.4, -0.2) is 28.0 Å². The number of amides is 1. The normalized spacial score (nSPS) is 13.6. The first kappa shape index (κ1) is 21.7. The summed E-state index contributed by atoms with van der Waals surface area (Å²) >= 11 is 2.60. The molecule has 0 aromatic carbocycles. The van der Waals surface area contributed by atoms with Gasteiger partial charge in [-0.15, -0.1) is 22.7 Å². The van der Waals surface area contributed by atoms with Crippen molar-refractivity contribution in [3.05, 3.63) is 43.1 Å². The van der Waals surface area contributed by atoms with Crippen LogP contribution in [0.2, 0.25) is 0 Å². The predicted octanol–water partition coefficient (Wildman–Crippen LogP) is 4.55. The van der Waals surface area contributed by atoms with Gasteiger partial charge >= 0.3 is 5.97 Å². The number of thiophene rings is 2. The number of ether oxygens (including phenoxy) is 1. The fourth-order valence-electron chi connectivity index (χ4n) is 3.86. The van der Waals surface area contributed by atoms with Gasteiger partial charge in [-0.05, 0) is 44.7 Å². The average Bonchev–Trinajstić information content (AvgIpc) is 3.20. The minimum atomic E-state index is -0.453. The Hall–Kier alpha value is -2.52. The van der Waals surface area contributed by atoms with Gasteiger partial charge in [0.25, 0.3) is 11.5 Å². The maximum Gasteiger partial charge on any atom is 0.341 e. The molecule has 1 N–H and O–H groups in total. The molecule has 0 fully saturated rings. The van der Waals surface area contributed by atoms with Gasteiger partial charge in [-0.25, -0.2) is 9.78 Å². The molecule has 7 nitrogen and oxygen atoms in total. The maximum atomic E-state index is 13.1. The fraction of sp³-hybridized carbons (Fsp3) is 0.455. The van der Waals surface area contributed by atoms with Gasteiger partial charge in [-0.1, -0.05) is 13.3 Å². The van der Waals surface area contributed by atoms with E-state index in [0.29, 0.717) is 37.8 Å². The number of nitrogens with one attached hydrogen (secondary N) is 1. The molecule has 0 unspecified atom stereocenters. The van der Waals surface area contributed by atoms with Gasteiger partial charge < -0.3 is 10.1 Å². The summed E-state index contributed by atoms with van der Waals surface area (Å²) < 4.78 is 6.90. The molecule has 3 aromatic heterocycles. The Kier molecular flexibility index (Phi) is 6.24. The smallest absolute Gasteiger partial charge is 0.341 e. The highest BCUT2D eigenvalue weighted by Gasteiger charge is 2.24. The van der Waals surface area contributed by atoms with Crippen LogP contribution in [0.25, 0.3) is 10.2 Å². The summed E-state index contributed by atoms with van der Waals surface area (Å²) in [5.41, 5.74) is 0.937. The Labute approximate surface area is 188 Å². The zero-order valence-corrected chi connectivity index (χ0v) is 19.5.